The van der Waals surface area contributed by atoms with Gasteiger partial charge < -0.3 is 9.71 Å². The number of thiophene rings is 2. The van der Waals surface area contributed by atoms with E-state index < -0.39 is 0 Å². The molecule has 0 fully saturated rings. The van der Waals surface area contributed by atoms with E-state index in [9.17, 15) is 0 Å². The third-order valence-electron chi connectivity index (χ3n) is 14.3. The van der Waals surface area contributed by atoms with Gasteiger partial charge in [-0.05, 0) is 142 Å². The lowest BCUT2D eigenvalue weighted by Crippen LogP contribution is -2.61. The van der Waals surface area contributed by atoms with Crippen molar-refractivity contribution in [3.8, 4) is 33.4 Å². The molecular weight excluding hydrogens is 836 g/mol. The summed E-state index contributed by atoms with van der Waals surface area (Å²) in [6.45, 7) is 6.66. The second kappa shape index (κ2) is 14.3. The van der Waals surface area contributed by atoms with Crippen molar-refractivity contribution >= 4 is 120 Å². The van der Waals surface area contributed by atoms with Crippen LogP contribution in [0.1, 0.15) is 16.7 Å². The zero-order valence-electron chi connectivity index (χ0n) is 36.8. The first kappa shape index (κ1) is 37.9. The van der Waals surface area contributed by atoms with Crippen molar-refractivity contribution in [3.63, 3.8) is 0 Å². The van der Waals surface area contributed by atoms with Crippen LogP contribution in [-0.4, -0.2) is 6.85 Å². The fraction of sp³-hybridized carbons (Fsp3) is 0.0492. The highest BCUT2D eigenvalue weighted by Crippen LogP contribution is 2.52. The average Bonchev–Trinajstić information content (AvgIpc) is 3.90. The van der Waals surface area contributed by atoms with E-state index in [0.717, 1.165) is 0 Å². The number of aryl methyl sites for hydroxylation is 3. The molecule has 12 aromatic rings. The minimum absolute atomic E-state index is 0.122. The Morgan fingerprint density at radius 3 is 1.77 bits per heavy atom. The second-order valence-electron chi connectivity index (χ2n) is 18.2. The van der Waals surface area contributed by atoms with Gasteiger partial charge in [-0.25, -0.2) is 0 Å². The van der Waals surface area contributed by atoms with E-state index in [2.05, 4.69) is 225 Å². The van der Waals surface area contributed by atoms with Gasteiger partial charge in [-0.1, -0.05) is 139 Å². The molecule has 0 radical (unpaired) electrons. The molecule has 0 unspecified atom stereocenters. The molecule has 2 aliphatic rings. The molecule has 0 aliphatic carbocycles. The first-order chi connectivity index (χ1) is 32.4. The van der Waals surface area contributed by atoms with Crippen molar-refractivity contribution < 1.29 is 0 Å². The molecule has 0 saturated heterocycles. The maximum absolute atomic E-state index is 2.66. The third-order valence-corrected chi connectivity index (χ3v) is 16.5. The Labute approximate surface area is 392 Å². The summed E-state index contributed by atoms with van der Waals surface area (Å²) >= 11 is 3.79. The highest BCUT2D eigenvalue weighted by molar-refractivity contribution is 7.26. The smallest absolute Gasteiger partial charge is 0.333 e. The van der Waals surface area contributed by atoms with Gasteiger partial charge in [-0.3, -0.25) is 0 Å². The molecule has 4 heterocycles. The maximum atomic E-state index is 2.66. The number of fused-ring (bicyclic) bond motifs is 12. The lowest BCUT2D eigenvalue weighted by atomic mass is 9.43. The van der Waals surface area contributed by atoms with Crippen LogP contribution in [0.2, 0.25) is 0 Å². The quantitative estimate of drug-likeness (QED) is 0.163. The summed E-state index contributed by atoms with van der Waals surface area (Å²) in [6.07, 6.45) is 0. The largest absolute Gasteiger partial charge is 0.376 e. The minimum Gasteiger partial charge on any atom is -0.376 e. The van der Waals surface area contributed by atoms with Crippen molar-refractivity contribution in [2.24, 2.45) is 0 Å². The van der Waals surface area contributed by atoms with Crippen LogP contribution in [0.3, 0.4) is 0 Å². The Bertz CT molecular complexity index is 3970. The van der Waals surface area contributed by atoms with Crippen LogP contribution >= 0.6 is 22.7 Å². The predicted molar refractivity (Wildman–Crippen MR) is 289 cm³/mol. The summed E-state index contributed by atoms with van der Waals surface area (Å²) in [7, 11) is 0. The normalized spacial score (nSPS) is 13.0. The summed E-state index contributed by atoms with van der Waals surface area (Å²) in [5.41, 5.74) is 20.1. The second-order valence-corrected chi connectivity index (χ2v) is 20.4. The zero-order valence-corrected chi connectivity index (χ0v) is 38.4. The number of anilines is 5. The van der Waals surface area contributed by atoms with Gasteiger partial charge in [0.15, 0.2) is 0 Å². The monoisotopic (exact) mass is 876 g/mol. The standard InChI is InChI=1S/C61H41BN2S2/c1-36-29-37(2)59(38(3)30-36)42-31-50-60-45-16-8-7-15-41(45)23-28-52(60)64(43-24-21-40(22-25-43)39-13-5-4-6-14-39)62-51-34-49-47-18-10-12-20-56(47)66-58(49)35-53(51)63(54(32-42)61(50)62)44-26-27-48-46-17-9-11-19-55(46)65-57(48)33-44/h4-35H,1-3H3. The van der Waals surface area contributed by atoms with Crippen LogP contribution in [0.4, 0.5) is 28.4 Å². The molecule has 10 aromatic carbocycles. The van der Waals surface area contributed by atoms with Gasteiger partial charge in [-0.15, -0.1) is 22.7 Å². The summed E-state index contributed by atoms with van der Waals surface area (Å²) in [6, 6.07) is 73.5. The van der Waals surface area contributed by atoms with Crippen molar-refractivity contribution in [2.45, 2.75) is 20.8 Å². The van der Waals surface area contributed by atoms with Crippen molar-refractivity contribution in [3.05, 3.63) is 211 Å². The molecule has 0 bridgehead atoms. The average molecular weight is 877 g/mol. The van der Waals surface area contributed by atoms with E-state index in [1.165, 1.54) is 141 Å². The van der Waals surface area contributed by atoms with Crippen LogP contribution in [0.15, 0.2) is 194 Å². The molecule has 66 heavy (non-hydrogen) atoms. The highest BCUT2D eigenvalue weighted by Gasteiger charge is 2.46. The molecule has 0 saturated carbocycles. The predicted octanol–water partition coefficient (Wildman–Crippen LogP) is 16.5. The molecule has 0 spiro atoms. The van der Waals surface area contributed by atoms with E-state index in [0.29, 0.717) is 0 Å². The van der Waals surface area contributed by atoms with Gasteiger partial charge in [0.05, 0.1) is 0 Å². The molecule has 310 valence electrons. The molecule has 2 aliphatic heterocycles. The number of benzene rings is 10. The van der Waals surface area contributed by atoms with E-state index in [4.69, 9.17) is 0 Å². The topological polar surface area (TPSA) is 6.48 Å². The Balaban J connectivity index is 1.13. The van der Waals surface area contributed by atoms with Crippen molar-refractivity contribution in [1.82, 2.24) is 0 Å². The molecule has 0 amide bonds. The van der Waals surface area contributed by atoms with Crippen molar-refractivity contribution in [1.29, 1.82) is 0 Å². The van der Waals surface area contributed by atoms with Gasteiger partial charge in [0, 0.05) is 74.3 Å². The molecule has 2 aromatic heterocycles. The molecule has 5 heteroatoms. The Kier molecular flexibility index (Phi) is 8.20. The van der Waals surface area contributed by atoms with Crippen LogP contribution in [0, 0.1) is 20.8 Å². The summed E-state index contributed by atoms with van der Waals surface area (Å²) in [4.78, 5) is 5.28. The number of hydrogen-bond donors (Lipinski definition) is 0. The maximum Gasteiger partial charge on any atom is 0.333 e. The molecule has 2 nitrogen and oxygen atoms in total. The van der Waals surface area contributed by atoms with Crippen LogP contribution < -0.4 is 20.6 Å². The van der Waals surface area contributed by atoms with Gasteiger partial charge >= 0.3 is 6.85 Å². The number of nitrogens with zero attached hydrogens (tertiary/aromatic N) is 2. The Hall–Kier alpha value is -7.44. The summed E-state index contributed by atoms with van der Waals surface area (Å²) in [5.74, 6) is 0. The van der Waals surface area contributed by atoms with Crippen LogP contribution in [-0.2, 0) is 0 Å². The molecular formula is C61H41BN2S2. The van der Waals surface area contributed by atoms with Gasteiger partial charge in [0.1, 0.15) is 0 Å². The number of rotatable bonds is 4. The minimum atomic E-state index is -0.122. The van der Waals surface area contributed by atoms with Crippen LogP contribution in [0.5, 0.6) is 0 Å². The molecule has 0 atom stereocenters. The number of hydrogen-bond acceptors (Lipinski definition) is 4. The summed E-state index contributed by atoms with van der Waals surface area (Å²) in [5, 5.41) is 7.75. The van der Waals surface area contributed by atoms with E-state index in [1.807, 2.05) is 22.7 Å². The first-order valence-electron chi connectivity index (χ1n) is 22.8. The lowest BCUT2D eigenvalue weighted by molar-refractivity contribution is 1.28. The summed E-state index contributed by atoms with van der Waals surface area (Å²) < 4.78 is 5.23. The third kappa shape index (κ3) is 5.54. The van der Waals surface area contributed by atoms with Gasteiger partial charge in [0.25, 0.3) is 0 Å². The van der Waals surface area contributed by atoms with E-state index >= 15 is 0 Å². The SMILES string of the molecule is Cc1cc(C)c(-c2cc3c4c(c2)N(c2ccc5c(c2)sc2ccccc25)c2cc5sc6ccccc6c5cc2B4N(c2ccc(-c4ccccc4)cc2)c2ccc4ccccc4c2-3)c(C)c1. The van der Waals surface area contributed by atoms with Crippen molar-refractivity contribution in [2.75, 3.05) is 9.71 Å². The fourth-order valence-corrected chi connectivity index (χ4v) is 13.8. The fourth-order valence-electron chi connectivity index (χ4n) is 11.6. The van der Waals surface area contributed by atoms with Crippen LogP contribution in [0.25, 0.3) is 84.5 Å². The zero-order chi connectivity index (χ0) is 43.8. The van der Waals surface area contributed by atoms with E-state index in [1.54, 1.807) is 0 Å². The first-order valence-corrected chi connectivity index (χ1v) is 24.5. The van der Waals surface area contributed by atoms with Gasteiger partial charge in [0.2, 0.25) is 0 Å². The highest BCUT2D eigenvalue weighted by atomic mass is 32.1. The van der Waals surface area contributed by atoms with E-state index in [-0.39, 0.29) is 6.85 Å². The van der Waals surface area contributed by atoms with Gasteiger partial charge in [-0.2, -0.15) is 0 Å². The lowest BCUT2D eigenvalue weighted by Gasteiger charge is -2.46. The molecule has 14 rings (SSSR count). The molecule has 0 N–H and O–H groups in total. The Morgan fingerprint density at radius 1 is 0.394 bits per heavy atom. The Morgan fingerprint density at radius 2 is 1.02 bits per heavy atom.